The minimum Gasteiger partial charge on any atom is -0.394 e. The highest BCUT2D eigenvalue weighted by atomic mass is 16.7. The minimum atomic E-state index is -1.92. The number of hydrogen-bond donors (Lipinski definition) is 14. The molecule has 0 aliphatic carbocycles. The number of aliphatic hydroxyl groups excluding tert-OH is 6. The van der Waals surface area contributed by atoms with Gasteiger partial charge in [-0.25, -0.2) is 0 Å². The molecule has 0 aromatic rings. The van der Waals surface area contributed by atoms with E-state index in [4.69, 9.17) is 24.7 Å². The van der Waals surface area contributed by atoms with Gasteiger partial charge in [-0.05, 0) is 46.5 Å². The van der Waals surface area contributed by atoms with E-state index in [9.17, 15) is 78.6 Å². The van der Waals surface area contributed by atoms with E-state index < -0.39 is 189 Å². The van der Waals surface area contributed by atoms with Gasteiger partial charge in [0.2, 0.25) is 59.1 Å². The van der Waals surface area contributed by atoms with Crippen LogP contribution in [-0.2, 0) is 66.9 Å². The van der Waals surface area contributed by atoms with Crippen molar-refractivity contribution in [2.75, 3.05) is 39.5 Å². The fraction of sp³-hybridized carbons (Fsp3) is 0.767. The van der Waals surface area contributed by atoms with E-state index in [0.717, 1.165) is 20.8 Å². The summed E-state index contributed by atoms with van der Waals surface area (Å²) in [6.45, 7) is 3.94. The lowest BCUT2D eigenvalue weighted by Crippen LogP contribution is -2.70. The zero-order chi connectivity index (χ0) is 54.6. The van der Waals surface area contributed by atoms with Crippen LogP contribution in [0, 0.1) is 0 Å². The minimum absolute atomic E-state index is 0.0667. The molecule has 10 amide bonds. The summed E-state index contributed by atoms with van der Waals surface area (Å²) in [5.41, 5.74) is 5.30. The number of nitrogens with two attached hydrogens (primary N) is 1. The molecule has 30 heteroatoms. The fourth-order valence-corrected chi connectivity index (χ4v) is 8.84. The number of carbonyl (C=O) groups excluding carboxylic acids is 10. The number of amides is 10. The zero-order valence-corrected chi connectivity index (χ0v) is 41.3. The van der Waals surface area contributed by atoms with Crippen LogP contribution in [0.15, 0.2) is 0 Å². The van der Waals surface area contributed by atoms with E-state index in [0.29, 0.717) is 12.8 Å². The Morgan fingerprint density at radius 3 is 1.82 bits per heavy atom. The Kier molecular flexibility index (Phi) is 22.2. The molecular formula is C43H70N10O20. The maximum atomic E-state index is 14.4. The summed E-state index contributed by atoms with van der Waals surface area (Å²) in [4.78, 5) is 133. The van der Waals surface area contributed by atoms with Gasteiger partial charge < -0.3 is 102 Å². The Balaban J connectivity index is 1.64. The number of ether oxygens (including phenoxy) is 4. The Morgan fingerprint density at radius 1 is 0.671 bits per heavy atom. The molecule has 17 atom stereocenters. The molecule has 0 bridgehead atoms. The molecule has 30 nitrogen and oxygen atoms in total. The maximum absolute atomic E-state index is 14.4. The Labute approximate surface area is 419 Å². The molecule has 73 heavy (non-hydrogen) atoms. The van der Waals surface area contributed by atoms with E-state index in [2.05, 4.69) is 37.2 Å². The van der Waals surface area contributed by atoms with Gasteiger partial charge in [-0.2, -0.15) is 0 Å². The van der Waals surface area contributed by atoms with Gasteiger partial charge >= 0.3 is 0 Å². The van der Waals surface area contributed by atoms with Crippen LogP contribution in [-0.4, -0.2) is 243 Å². The number of hydrogen-bond acceptors (Lipinski definition) is 20. The molecule has 412 valence electrons. The topological polar surface area (TPSA) is 446 Å². The smallest absolute Gasteiger partial charge is 0.246 e. The van der Waals surface area contributed by atoms with Gasteiger partial charge in [0, 0.05) is 33.9 Å². The van der Waals surface area contributed by atoms with Crippen LogP contribution in [0.3, 0.4) is 0 Å². The third-order valence-electron chi connectivity index (χ3n) is 12.7. The lowest BCUT2D eigenvalue weighted by atomic mass is 9.94. The van der Waals surface area contributed by atoms with E-state index >= 15 is 0 Å². The summed E-state index contributed by atoms with van der Waals surface area (Å²) in [6, 6.07) is -11.4. The van der Waals surface area contributed by atoms with Crippen molar-refractivity contribution in [1.82, 2.24) is 47.0 Å². The SMILES string of the molecule is CC(=O)NCC(=O)NC(CO)C(=O)NC(C(=O)NC(C)C(=O)N1CCCC1C(=O)N1CCCC1C(=O)NC(C)C(N)=O)C(C)O[C@H]1OC(CO)[C@H](O)[C@H](O[C@@H]2OC(CO)[C@H](O)[C@H](O)C2NC(C)=O)C1NC(C)=O. The Bertz CT molecular complexity index is 2020. The van der Waals surface area contributed by atoms with E-state index in [1.807, 2.05) is 0 Å². The van der Waals surface area contributed by atoms with Crippen LogP contribution in [0.4, 0.5) is 0 Å². The predicted molar refractivity (Wildman–Crippen MR) is 244 cm³/mol. The Hall–Kier alpha value is -5.70. The number of aliphatic hydroxyl groups is 6. The van der Waals surface area contributed by atoms with E-state index in [1.54, 1.807) is 0 Å². The van der Waals surface area contributed by atoms with Crippen molar-refractivity contribution >= 4 is 59.1 Å². The van der Waals surface area contributed by atoms with Crippen molar-refractivity contribution in [2.24, 2.45) is 5.73 Å². The standard InChI is InChI=1S/C43H70N10O20/c1-17(36(44)64)46-38(66)24-9-7-11-52(24)41(69)25-10-8-12-53(25)40(68)18(2)47-39(67)29(51-37(65)23(14-54)50-28(60)13-45-20(4)57)19(3)70-43-31(49-22(6)59)35(33(62)27(16-56)72-43)73-42-30(48-21(5)58)34(63)32(61)26(15-55)71-42/h17-19,23-27,29-35,42-43,54-56,61-63H,7-16H2,1-6H3,(H2,44,64)(H,45,57)(H,46,66)(H,47,67)(H,48,58)(H,49,59)(H,50,60)(H,51,65)/t17?,18?,19?,23?,24?,25?,26?,27?,29?,30?,31?,32-,33-,34+,35+,42-,43-/m0/s1. The number of carbonyl (C=O) groups is 10. The van der Waals surface area contributed by atoms with Crippen molar-refractivity contribution in [3.05, 3.63) is 0 Å². The van der Waals surface area contributed by atoms with Crippen LogP contribution in [0.1, 0.15) is 67.2 Å². The van der Waals surface area contributed by atoms with Crippen molar-refractivity contribution in [3.8, 4) is 0 Å². The van der Waals surface area contributed by atoms with Gasteiger partial charge in [-0.15, -0.1) is 0 Å². The van der Waals surface area contributed by atoms with Gasteiger partial charge in [0.25, 0.3) is 0 Å². The third-order valence-corrected chi connectivity index (χ3v) is 12.7. The quantitative estimate of drug-likeness (QED) is 0.0479. The second kappa shape index (κ2) is 27.0. The van der Waals surface area contributed by atoms with Crippen molar-refractivity contribution in [3.63, 3.8) is 0 Å². The van der Waals surface area contributed by atoms with Gasteiger partial charge in [0.15, 0.2) is 12.6 Å². The molecule has 0 radical (unpaired) electrons. The first-order valence-electron chi connectivity index (χ1n) is 23.7. The molecule has 4 saturated heterocycles. The van der Waals surface area contributed by atoms with Gasteiger partial charge in [0.1, 0.15) is 85.0 Å². The van der Waals surface area contributed by atoms with Crippen molar-refractivity contribution < 1.29 is 97.5 Å². The second-order valence-corrected chi connectivity index (χ2v) is 18.3. The molecule has 4 rings (SSSR count). The van der Waals surface area contributed by atoms with Crippen molar-refractivity contribution in [1.29, 1.82) is 0 Å². The highest BCUT2D eigenvalue weighted by Gasteiger charge is 2.53. The fourth-order valence-electron chi connectivity index (χ4n) is 8.84. The van der Waals surface area contributed by atoms with Gasteiger partial charge in [0.05, 0.1) is 32.5 Å². The molecule has 4 aliphatic heterocycles. The van der Waals surface area contributed by atoms with Crippen LogP contribution in [0.2, 0.25) is 0 Å². The number of nitrogens with zero attached hydrogens (tertiary/aromatic N) is 2. The lowest BCUT2D eigenvalue weighted by Gasteiger charge is -2.48. The van der Waals surface area contributed by atoms with Crippen LogP contribution >= 0.6 is 0 Å². The summed E-state index contributed by atoms with van der Waals surface area (Å²) in [5.74, 6) is -8.06. The van der Waals surface area contributed by atoms with Crippen molar-refractivity contribution in [2.45, 2.75) is 171 Å². The summed E-state index contributed by atoms with van der Waals surface area (Å²) in [6.07, 6.45) is -14.3. The molecule has 15 N–H and O–H groups in total. The third kappa shape index (κ3) is 15.4. The lowest BCUT2D eigenvalue weighted by molar-refractivity contribution is -0.332. The van der Waals surface area contributed by atoms with Gasteiger partial charge in [-0.3, -0.25) is 47.9 Å². The number of likely N-dealkylation sites (tertiary alicyclic amines) is 2. The van der Waals surface area contributed by atoms with Gasteiger partial charge in [-0.1, -0.05) is 0 Å². The summed E-state index contributed by atoms with van der Waals surface area (Å²) in [5, 5.41) is 80.0. The largest absolute Gasteiger partial charge is 0.394 e. The first kappa shape index (κ1) is 59.9. The Morgan fingerprint density at radius 2 is 1.25 bits per heavy atom. The van der Waals surface area contributed by atoms with Crippen LogP contribution in [0.5, 0.6) is 0 Å². The molecule has 0 spiro atoms. The molecule has 0 aromatic carbocycles. The average molecular weight is 1050 g/mol. The first-order valence-corrected chi connectivity index (χ1v) is 23.7. The molecule has 4 fully saturated rings. The summed E-state index contributed by atoms with van der Waals surface area (Å²) >= 11 is 0. The molecule has 4 aliphatic rings. The predicted octanol–water partition coefficient (Wildman–Crippen LogP) is -9.12. The number of primary amides is 1. The second-order valence-electron chi connectivity index (χ2n) is 18.3. The summed E-state index contributed by atoms with van der Waals surface area (Å²) in [7, 11) is 0. The maximum Gasteiger partial charge on any atom is 0.246 e. The van der Waals surface area contributed by atoms with E-state index in [-0.39, 0.29) is 25.9 Å². The number of nitrogens with one attached hydrogen (secondary N) is 7. The van der Waals surface area contributed by atoms with Crippen LogP contribution in [0.25, 0.3) is 0 Å². The highest BCUT2D eigenvalue weighted by molar-refractivity contribution is 5.97. The molecule has 0 aromatic heterocycles. The zero-order valence-electron chi connectivity index (χ0n) is 41.3. The van der Waals surface area contributed by atoms with Crippen LogP contribution < -0.4 is 43.0 Å². The van der Waals surface area contributed by atoms with E-state index in [1.165, 1.54) is 30.6 Å². The monoisotopic (exact) mass is 1050 g/mol. The molecule has 11 unspecified atom stereocenters. The highest BCUT2D eigenvalue weighted by Crippen LogP contribution is 2.31. The first-order chi connectivity index (χ1) is 34.3. The molecule has 4 heterocycles. The molecule has 0 saturated carbocycles. The normalized spacial score (nSPS) is 30.1. The number of rotatable bonds is 22. The summed E-state index contributed by atoms with van der Waals surface area (Å²) < 4.78 is 23.8. The average Bonchev–Trinajstić information content (AvgIpc) is 4.04. The molecular weight excluding hydrogens is 977 g/mol.